The fourth-order valence-corrected chi connectivity index (χ4v) is 4.70. The van der Waals surface area contributed by atoms with Crippen LogP contribution in [0, 0.1) is 0 Å². The summed E-state index contributed by atoms with van der Waals surface area (Å²) in [4.78, 5) is 0. The molecule has 1 saturated heterocycles. The van der Waals surface area contributed by atoms with Crippen molar-refractivity contribution in [3.63, 3.8) is 0 Å². The molecule has 1 fully saturated rings. The maximum absolute atomic E-state index is 12.6. The lowest BCUT2D eigenvalue weighted by molar-refractivity contribution is 0.135. The maximum atomic E-state index is 12.6. The Labute approximate surface area is 148 Å². The van der Waals surface area contributed by atoms with Gasteiger partial charge in [0.25, 0.3) is 0 Å². The molecule has 1 heterocycles. The molecule has 0 spiro atoms. The molecule has 0 atom stereocenters. The van der Waals surface area contributed by atoms with Crippen molar-refractivity contribution in [1.82, 2.24) is 4.31 Å². The largest absolute Gasteiger partial charge is 0.490 e. The summed E-state index contributed by atoms with van der Waals surface area (Å²) in [5.41, 5.74) is 0.641. The summed E-state index contributed by atoms with van der Waals surface area (Å²) in [6, 6.07) is 16.7. The molecule has 0 radical (unpaired) electrons. The Hall–Kier alpha value is -1.56. The van der Waals surface area contributed by atoms with E-state index < -0.39 is 10.0 Å². The molecule has 0 bridgehead atoms. The van der Waals surface area contributed by atoms with Crippen LogP contribution in [0.1, 0.15) is 18.4 Å². The first-order chi connectivity index (χ1) is 11.5. The smallest absolute Gasteiger partial charge is 0.218 e. The van der Waals surface area contributed by atoms with E-state index >= 15 is 0 Å². The van der Waals surface area contributed by atoms with Crippen LogP contribution in [0.25, 0.3) is 0 Å². The average Bonchev–Trinajstić information content (AvgIpc) is 2.58. The first-order valence-corrected chi connectivity index (χ1v) is 9.96. The fourth-order valence-electron chi connectivity index (χ4n) is 2.82. The van der Waals surface area contributed by atoms with Crippen molar-refractivity contribution in [2.45, 2.75) is 24.7 Å². The molecule has 2 aromatic carbocycles. The van der Waals surface area contributed by atoms with Crippen LogP contribution < -0.4 is 4.74 Å². The van der Waals surface area contributed by atoms with Gasteiger partial charge in [-0.2, -0.15) is 0 Å². The van der Waals surface area contributed by atoms with E-state index in [0.717, 1.165) is 5.75 Å². The molecule has 0 N–H and O–H groups in total. The zero-order valence-corrected chi connectivity index (χ0v) is 14.8. The van der Waals surface area contributed by atoms with Crippen LogP contribution in [0.3, 0.4) is 0 Å². The minimum atomic E-state index is -3.36. The monoisotopic (exact) mass is 365 g/mol. The summed E-state index contributed by atoms with van der Waals surface area (Å²) in [5, 5.41) is 0.489. The Bertz CT molecular complexity index is 772. The number of nitrogens with zero attached hydrogens (tertiary/aromatic N) is 1. The summed E-state index contributed by atoms with van der Waals surface area (Å²) in [7, 11) is -3.36. The highest BCUT2D eigenvalue weighted by atomic mass is 35.5. The van der Waals surface area contributed by atoms with Crippen LogP contribution in [0.2, 0.25) is 5.02 Å². The number of para-hydroxylation sites is 1. The molecular formula is C18H20ClNO3S. The molecule has 4 nitrogen and oxygen atoms in total. The van der Waals surface area contributed by atoms with Gasteiger partial charge in [-0.1, -0.05) is 48.0 Å². The number of benzene rings is 2. The van der Waals surface area contributed by atoms with Gasteiger partial charge in [-0.3, -0.25) is 0 Å². The Balaban J connectivity index is 1.58. The average molecular weight is 366 g/mol. The maximum Gasteiger partial charge on any atom is 0.218 e. The molecule has 24 heavy (non-hydrogen) atoms. The SMILES string of the molecule is O=S(=O)(Cc1ccccc1Cl)N1CCC(Oc2ccccc2)CC1. The molecule has 1 aliphatic heterocycles. The van der Waals surface area contributed by atoms with E-state index in [4.69, 9.17) is 16.3 Å². The Kier molecular flexibility index (Phi) is 5.43. The second-order valence-corrected chi connectivity index (χ2v) is 8.25. The normalized spacial score (nSPS) is 16.9. The van der Waals surface area contributed by atoms with Gasteiger partial charge in [0.15, 0.2) is 0 Å². The van der Waals surface area contributed by atoms with Crippen molar-refractivity contribution in [3.8, 4) is 5.75 Å². The lowest BCUT2D eigenvalue weighted by Gasteiger charge is -2.31. The van der Waals surface area contributed by atoms with Crippen molar-refractivity contribution in [3.05, 3.63) is 65.2 Å². The third-order valence-electron chi connectivity index (χ3n) is 4.14. The third kappa shape index (κ3) is 4.29. The minimum absolute atomic E-state index is 0.0548. The quantitative estimate of drug-likeness (QED) is 0.811. The predicted octanol–water partition coefficient (Wildman–Crippen LogP) is 3.71. The van der Waals surface area contributed by atoms with Gasteiger partial charge in [0.05, 0.1) is 5.75 Å². The van der Waals surface area contributed by atoms with Crippen molar-refractivity contribution >= 4 is 21.6 Å². The number of piperidine rings is 1. The van der Waals surface area contributed by atoms with Gasteiger partial charge in [-0.25, -0.2) is 12.7 Å². The number of rotatable bonds is 5. The second kappa shape index (κ2) is 7.55. The van der Waals surface area contributed by atoms with E-state index in [2.05, 4.69) is 0 Å². The van der Waals surface area contributed by atoms with Crippen molar-refractivity contribution in [2.24, 2.45) is 0 Å². The highest BCUT2D eigenvalue weighted by molar-refractivity contribution is 7.88. The zero-order valence-electron chi connectivity index (χ0n) is 13.3. The van der Waals surface area contributed by atoms with Crippen LogP contribution in [-0.4, -0.2) is 31.9 Å². The van der Waals surface area contributed by atoms with Crippen LogP contribution in [-0.2, 0) is 15.8 Å². The molecule has 0 unspecified atom stereocenters. The highest BCUT2D eigenvalue weighted by Gasteiger charge is 2.29. The van der Waals surface area contributed by atoms with E-state index in [1.54, 1.807) is 28.6 Å². The predicted molar refractivity (Wildman–Crippen MR) is 95.7 cm³/mol. The van der Waals surface area contributed by atoms with Crippen molar-refractivity contribution < 1.29 is 13.2 Å². The highest BCUT2D eigenvalue weighted by Crippen LogP contribution is 2.24. The molecule has 0 aromatic heterocycles. The van der Waals surface area contributed by atoms with E-state index in [9.17, 15) is 8.42 Å². The molecule has 0 saturated carbocycles. The lowest BCUT2D eigenvalue weighted by atomic mass is 10.1. The lowest BCUT2D eigenvalue weighted by Crippen LogP contribution is -2.42. The molecule has 2 aromatic rings. The Morgan fingerprint density at radius 3 is 2.29 bits per heavy atom. The first kappa shape index (κ1) is 17.3. The summed E-state index contributed by atoms with van der Waals surface area (Å²) < 4.78 is 32.7. The summed E-state index contributed by atoms with van der Waals surface area (Å²) in [6.07, 6.45) is 1.44. The summed E-state index contributed by atoms with van der Waals surface area (Å²) >= 11 is 6.08. The number of sulfonamides is 1. The summed E-state index contributed by atoms with van der Waals surface area (Å²) in [6.45, 7) is 0.953. The van der Waals surface area contributed by atoms with Gasteiger partial charge < -0.3 is 4.74 Å². The van der Waals surface area contributed by atoms with Gasteiger partial charge in [0, 0.05) is 18.1 Å². The standard InChI is InChI=1S/C18H20ClNO3S/c19-18-9-5-4-6-15(18)14-24(21,22)20-12-10-17(11-13-20)23-16-7-2-1-3-8-16/h1-9,17H,10-14H2. The van der Waals surface area contributed by atoms with Crippen LogP contribution in [0.5, 0.6) is 5.75 Å². The summed E-state index contributed by atoms with van der Waals surface area (Å²) in [5.74, 6) is 0.770. The number of ether oxygens (including phenoxy) is 1. The van der Waals surface area contributed by atoms with E-state index in [1.165, 1.54) is 0 Å². The van der Waals surface area contributed by atoms with Crippen molar-refractivity contribution in [1.29, 1.82) is 0 Å². The Morgan fingerprint density at radius 1 is 1.00 bits per heavy atom. The van der Waals surface area contributed by atoms with Gasteiger partial charge in [-0.05, 0) is 36.6 Å². The van der Waals surface area contributed by atoms with E-state index in [-0.39, 0.29) is 11.9 Å². The molecule has 0 aliphatic carbocycles. The van der Waals surface area contributed by atoms with Gasteiger partial charge in [0.1, 0.15) is 11.9 Å². The van der Waals surface area contributed by atoms with Gasteiger partial charge in [0.2, 0.25) is 10.0 Å². The molecule has 6 heteroatoms. The molecule has 128 valence electrons. The zero-order chi connectivity index (χ0) is 17.0. The number of hydrogen-bond donors (Lipinski definition) is 0. The van der Waals surface area contributed by atoms with Crippen LogP contribution >= 0.6 is 11.6 Å². The molecule has 3 rings (SSSR count). The minimum Gasteiger partial charge on any atom is -0.490 e. The molecular weight excluding hydrogens is 346 g/mol. The van der Waals surface area contributed by atoms with Crippen LogP contribution in [0.15, 0.2) is 54.6 Å². The van der Waals surface area contributed by atoms with E-state index in [0.29, 0.717) is 36.5 Å². The second-order valence-electron chi connectivity index (χ2n) is 5.88. The van der Waals surface area contributed by atoms with E-state index in [1.807, 2.05) is 30.3 Å². The van der Waals surface area contributed by atoms with Gasteiger partial charge >= 0.3 is 0 Å². The third-order valence-corrected chi connectivity index (χ3v) is 6.33. The molecule has 0 amide bonds. The molecule has 1 aliphatic rings. The van der Waals surface area contributed by atoms with Gasteiger partial charge in [-0.15, -0.1) is 0 Å². The number of hydrogen-bond acceptors (Lipinski definition) is 3. The Morgan fingerprint density at radius 2 is 1.62 bits per heavy atom. The number of halogens is 1. The fraction of sp³-hybridized carbons (Fsp3) is 0.333. The van der Waals surface area contributed by atoms with Crippen LogP contribution in [0.4, 0.5) is 0 Å². The topological polar surface area (TPSA) is 46.6 Å². The van der Waals surface area contributed by atoms with Crippen molar-refractivity contribution in [2.75, 3.05) is 13.1 Å². The first-order valence-electron chi connectivity index (χ1n) is 7.97.